The van der Waals surface area contributed by atoms with Crippen LogP contribution in [0.15, 0.2) is 12.4 Å². The highest BCUT2D eigenvalue weighted by atomic mass is 16.2. The lowest BCUT2D eigenvalue weighted by atomic mass is 10.2. The predicted molar refractivity (Wildman–Crippen MR) is 45.5 cm³/mol. The van der Waals surface area contributed by atoms with Crippen molar-refractivity contribution in [2.45, 2.75) is 19.4 Å². The van der Waals surface area contributed by atoms with Crippen LogP contribution in [0.5, 0.6) is 0 Å². The van der Waals surface area contributed by atoms with E-state index in [1.807, 2.05) is 6.92 Å². The number of amides is 1. The van der Waals surface area contributed by atoms with Gasteiger partial charge in [-0.3, -0.25) is 10.1 Å². The summed E-state index contributed by atoms with van der Waals surface area (Å²) in [5.41, 5.74) is 5.48. The van der Waals surface area contributed by atoms with E-state index < -0.39 is 6.04 Å². The van der Waals surface area contributed by atoms with Gasteiger partial charge in [-0.05, 0) is 6.42 Å². The molecule has 0 fully saturated rings. The van der Waals surface area contributed by atoms with Crippen LogP contribution in [0.25, 0.3) is 0 Å². The Hall–Kier alpha value is -1.36. The number of hydrogen-bond acceptors (Lipinski definition) is 3. The number of nitrogens with one attached hydrogen (secondary N) is 2. The Balaban J connectivity index is 2.47. The normalized spacial score (nSPS) is 12.5. The minimum atomic E-state index is -0.463. The van der Waals surface area contributed by atoms with Crippen molar-refractivity contribution in [3.05, 3.63) is 12.4 Å². The maximum Gasteiger partial charge on any atom is 0.243 e. The van der Waals surface area contributed by atoms with Crippen LogP contribution in [0.2, 0.25) is 0 Å². The van der Waals surface area contributed by atoms with E-state index in [0.29, 0.717) is 12.4 Å². The molecule has 0 saturated carbocycles. The molecule has 1 atom stereocenters. The molecule has 1 heterocycles. The van der Waals surface area contributed by atoms with Gasteiger partial charge in [-0.1, -0.05) is 6.92 Å². The number of H-pyrrole nitrogens is 1. The predicted octanol–water partition coefficient (Wildman–Crippen LogP) is 0.0855. The number of carbonyl (C=O) groups is 1. The second-order valence-corrected chi connectivity index (χ2v) is 2.44. The van der Waals surface area contributed by atoms with Crippen LogP contribution in [-0.4, -0.2) is 21.9 Å². The molecule has 1 rings (SSSR count). The van der Waals surface area contributed by atoms with Gasteiger partial charge in [0, 0.05) is 12.4 Å². The number of hydrogen-bond donors (Lipinski definition) is 3. The maximum absolute atomic E-state index is 11.1. The summed E-state index contributed by atoms with van der Waals surface area (Å²) in [5, 5.41) is 2.54. The quantitative estimate of drug-likeness (QED) is 0.597. The van der Waals surface area contributed by atoms with Gasteiger partial charge in [-0.25, -0.2) is 4.98 Å². The Morgan fingerprint density at radius 3 is 3.17 bits per heavy atom. The number of anilines is 1. The highest BCUT2D eigenvalue weighted by molar-refractivity contribution is 5.93. The fraction of sp³-hybridized carbons (Fsp3) is 0.429. The molecule has 12 heavy (non-hydrogen) atoms. The van der Waals surface area contributed by atoms with Crippen molar-refractivity contribution in [2.75, 3.05) is 5.32 Å². The van der Waals surface area contributed by atoms with Crippen molar-refractivity contribution in [2.24, 2.45) is 5.73 Å². The van der Waals surface area contributed by atoms with E-state index in [4.69, 9.17) is 5.73 Å². The number of carbonyl (C=O) groups excluding carboxylic acids is 1. The van der Waals surface area contributed by atoms with E-state index >= 15 is 0 Å². The average Bonchev–Trinajstić information content (AvgIpc) is 2.55. The zero-order valence-corrected chi connectivity index (χ0v) is 6.87. The molecule has 0 aliphatic rings. The van der Waals surface area contributed by atoms with Gasteiger partial charge in [-0.2, -0.15) is 0 Å². The van der Waals surface area contributed by atoms with Crippen LogP contribution in [0, 0.1) is 0 Å². The number of rotatable bonds is 3. The SMILES string of the molecule is CCC(N)C(=O)Nc1ncc[nH]1. The Bertz CT molecular complexity index is 244. The first kappa shape index (κ1) is 8.73. The van der Waals surface area contributed by atoms with Gasteiger partial charge in [-0.15, -0.1) is 0 Å². The molecule has 1 unspecified atom stereocenters. The highest BCUT2D eigenvalue weighted by Crippen LogP contribution is 1.96. The smallest absolute Gasteiger partial charge is 0.243 e. The van der Waals surface area contributed by atoms with Crippen LogP contribution < -0.4 is 11.1 Å². The largest absolute Gasteiger partial charge is 0.331 e. The molecule has 4 N–H and O–H groups in total. The third-order valence-electron chi connectivity index (χ3n) is 1.52. The number of nitrogens with two attached hydrogens (primary N) is 1. The first-order chi connectivity index (χ1) is 5.74. The summed E-state index contributed by atoms with van der Waals surface area (Å²) in [4.78, 5) is 17.7. The second-order valence-electron chi connectivity index (χ2n) is 2.44. The summed E-state index contributed by atoms with van der Waals surface area (Å²) < 4.78 is 0. The third kappa shape index (κ3) is 2.06. The van der Waals surface area contributed by atoms with Crippen LogP contribution in [0.3, 0.4) is 0 Å². The van der Waals surface area contributed by atoms with Gasteiger partial charge in [0.1, 0.15) is 0 Å². The van der Waals surface area contributed by atoms with E-state index in [0.717, 1.165) is 0 Å². The lowest BCUT2D eigenvalue weighted by Gasteiger charge is -2.06. The topological polar surface area (TPSA) is 83.8 Å². The second kappa shape index (κ2) is 3.87. The van der Waals surface area contributed by atoms with Gasteiger partial charge in [0.05, 0.1) is 6.04 Å². The molecule has 1 aromatic heterocycles. The molecule has 5 heteroatoms. The number of imidazole rings is 1. The molecule has 1 amide bonds. The summed E-state index contributed by atoms with van der Waals surface area (Å²) in [5.74, 6) is 0.219. The van der Waals surface area contributed by atoms with Gasteiger partial charge < -0.3 is 10.7 Å². The van der Waals surface area contributed by atoms with Crippen molar-refractivity contribution in [3.63, 3.8) is 0 Å². The Morgan fingerprint density at radius 1 is 1.92 bits per heavy atom. The van der Waals surface area contributed by atoms with Crippen LogP contribution in [0.1, 0.15) is 13.3 Å². The van der Waals surface area contributed by atoms with Gasteiger partial charge in [0.15, 0.2) is 0 Å². The van der Waals surface area contributed by atoms with E-state index in [-0.39, 0.29) is 5.91 Å². The van der Waals surface area contributed by atoms with Crippen molar-refractivity contribution >= 4 is 11.9 Å². The molecule has 5 nitrogen and oxygen atoms in total. The molecule has 0 aliphatic heterocycles. The molecule has 0 aliphatic carbocycles. The standard InChI is InChI=1S/C7H12N4O/c1-2-5(8)6(12)11-7-9-3-4-10-7/h3-5H,2,8H2,1H3,(H2,9,10,11,12). The lowest BCUT2D eigenvalue weighted by molar-refractivity contribution is -0.117. The number of nitrogens with zero attached hydrogens (tertiary/aromatic N) is 1. The Labute approximate surface area is 70.4 Å². The lowest BCUT2D eigenvalue weighted by Crippen LogP contribution is -2.35. The maximum atomic E-state index is 11.1. The van der Waals surface area contributed by atoms with Crippen molar-refractivity contribution < 1.29 is 4.79 Å². The summed E-state index contributed by atoms with van der Waals surface area (Å²) in [6, 6.07) is -0.463. The summed E-state index contributed by atoms with van der Waals surface area (Å²) in [6.07, 6.45) is 3.81. The van der Waals surface area contributed by atoms with Gasteiger partial charge in [0.2, 0.25) is 11.9 Å². The van der Waals surface area contributed by atoms with E-state index in [1.54, 1.807) is 12.4 Å². The molecule has 0 aromatic carbocycles. The van der Waals surface area contributed by atoms with Crippen LogP contribution >= 0.6 is 0 Å². The molecule has 0 spiro atoms. The summed E-state index contributed by atoms with van der Waals surface area (Å²) in [6.45, 7) is 1.85. The van der Waals surface area contributed by atoms with E-state index in [2.05, 4.69) is 15.3 Å². The molecule has 0 bridgehead atoms. The molecule has 1 aromatic rings. The number of aromatic nitrogens is 2. The van der Waals surface area contributed by atoms with Gasteiger partial charge >= 0.3 is 0 Å². The average molecular weight is 168 g/mol. The Kier molecular flexibility index (Phi) is 2.82. The fourth-order valence-electron chi connectivity index (χ4n) is 0.728. The van der Waals surface area contributed by atoms with Crippen molar-refractivity contribution in [1.29, 1.82) is 0 Å². The van der Waals surface area contributed by atoms with Gasteiger partial charge in [0.25, 0.3) is 0 Å². The zero-order valence-electron chi connectivity index (χ0n) is 6.87. The Morgan fingerprint density at radius 2 is 2.67 bits per heavy atom. The minimum absolute atomic E-state index is 0.215. The molecular formula is C7H12N4O. The monoisotopic (exact) mass is 168 g/mol. The van der Waals surface area contributed by atoms with Crippen molar-refractivity contribution in [3.8, 4) is 0 Å². The summed E-state index contributed by atoms with van der Waals surface area (Å²) >= 11 is 0. The van der Waals surface area contributed by atoms with Crippen LogP contribution in [0.4, 0.5) is 5.95 Å². The molecular weight excluding hydrogens is 156 g/mol. The van der Waals surface area contributed by atoms with Crippen molar-refractivity contribution in [1.82, 2.24) is 9.97 Å². The summed E-state index contributed by atoms with van der Waals surface area (Å²) in [7, 11) is 0. The van der Waals surface area contributed by atoms with E-state index in [9.17, 15) is 4.79 Å². The molecule has 0 saturated heterocycles. The highest BCUT2D eigenvalue weighted by Gasteiger charge is 2.11. The fourth-order valence-corrected chi connectivity index (χ4v) is 0.728. The van der Waals surface area contributed by atoms with E-state index in [1.165, 1.54) is 0 Å². The molecule has 66 valence electrons. The number of aromatic amines is 1. The minimum Gasteiger partial charge on any atom is -0.331 e. The zero-order chi connectivity index (χ0) is 8.97. The van der Waals surface area contributed by atoms with Crippen LogP contribution in [-0.2, 0) is 4.79 Å². The first-order valence-electron chi connectivity index (χ1n) is 3.80. The first-order valence-corrected chi connectivity index (χ1v) is 3.80. The molecule has 0 radical (unpaired) electrons. The third-order valence-corrected chi connectivity index (χ3v) is 1.52.